The first-order valence-electron chi connectivity index (χ1n) is 8.17. The number of benzene rings is 3. The molecule has 3 aromatic rings. The lowest BCUT2D eigenvalue weighted by molar-refractivity contribution is 0.0691. The minimum atomic E-state index is -4.06. The Bertz CT molecular complexity index is 1080. The molecule has 0 aliphatic heterocycles. The number of carboxylic acids is 1. The highest BCUT2D eigenvalue weighted by Crippen LogP contribution is 2.20. The van der Waals surface area contributed by atoms with Gasteiger partial charge < -0.3 is 9.84 Å². The lowest BCUT2D eigenvalue weighted by Crippen LogP contribution is -2.14. The fourth-order valence-corrected chi connectivity index (χ4v) is 3.47. The summed E-state index contributed by atoms with van der Waals surface area (Å²) >= 11 is 0. The SMILES string of the molecule is O=C(O)c1ccc(S(=O)(=O)Nc2ccc(COc3ccccc3)cc2)cc1F. The van der Waals surface area contributed by atoms with Crippen molar-refractivity contribution >= 4 is 21.7 Å². The van der Waals surface area contributed by atoms with Crippen LogP contribution in [0.3, 0.4) is 0 Å². The van der Waals surface area contributed by atoms with Gasteiger partial charge in [0.2, 0.25) is 0 Å². The summed E-state index contributed by atoms with van der Waals surface area (Å²) in [4.78, 5) is 10.5. The molecule has 0 bridgehead atoms. The first-order chi connectivity index (χ1) is 13.3. The number of aromatic carboxylic acids is 1. The van der Waals surface area contributed by atoms with Crippen LogP contribution in [0.1, 0.15) is 15.9 Å². The lowest BCUT2D eigenvalue weighted by Gasteiger charge is -2.10. The smallest absolute Gasteiger partial charge is 0.338 e. The molecule has 28 heavy (non-hydrogen) atoms. The molecule has 3 aromatic carbocycles. The molecule has 0 aliphatic rings. The first kappa shape index (κ1) is 19.4. The van der Waals surface area contributed by atoms with Crippen LogP contribution in [0.2, 0.25) is 0 Å². The number of hydrogen-bond acceptors (Lipinski definition) is 4. The average Bonchev–Trinajstić information content (AvgIpc) is 2.67. The molecular formula is C20H16FNO5S. The highest BCUT2D eigenvalue weighted by Gasteiger charge is 2.18. The lowest BCUT2D eigenvalue weighted by atomic mass is 10.2. The van der Waals surface area contributed by atoms with E-state index in [9.17, 15) is 17.6 Å². The quantitative estimate of drug-likeness (QED) is 0.626. The van der Waals surface area contributed by atoms with E-state index in [0.717, 1.165) is 23.4 Å². The number of nitrogens with one attached hydrogen (secondary N) is 1. The fraction of sp³-hybridized carbons (Fsp3) is 0.0500. The Kier molecular flexibility index (Phi) is 5.60. The third-order valence-electron chi connectivity index (χ3n) is 3.84. The molecule has 0 heterocycles. The van der Waals surface area contributed by atoms with Crippen molar-refractivity contribution in [2.45, 2.75) is 11.5 Å². The van der Waals surface area contributed by atoms with Crippen molar-refractivity contribution in [3.63, 3.8) is 0 Å². The Morgan fingerprint density at radius 2 is 1.68 bits per heavy atom. The van der Waals surface area contributed by atoms with Crippen LogP contribution in [0.5, 0.6) is 5.75 Å². The van der Waals surface area contributed by atoms with Crippen LogP contribution >= 0.6 is 0 Å². The molecule has 0 saturated carbocycles. The molecular weight excluding hydrogens is 385 g/mol. The zero-order valence-corrected chi connectivity index (χ0v) is 15.3. The van der Waals surface area contributed by atoms with Gasteiger partial charge in [-0.25, -0.2) is 17.6 Å². The van der Waals surface area contributed by atoms with E-state index >= 15 is 0 Å². The number of rotatable bonds is 7. The third-order valence-corrected chi connectivity index (χ3v) is 5.22. The Morgan fingerprint density at radius 3 is 2.29 bits per heavy atom. The number of carbonyl (C=O) groups is 1. The van der Waals surface area contributed by atoms with Crippen LogP contribution in [-0.4, -0.2) is 19.5 Å². The maximum absolute atomic E-state index is 13.8. The van der Waals surface area contributed by atoms with Crippen molar-refractivity contribution in [2.24, 2.45) is 0 Å². The Labute approximate surface area is 161 Å². The molecule has 2 N–H and O–H groups in total. The van der Waals surface area contributed by atoms with E-state index in [0.29, 0.717) is 12.7 Å². The number of anilines is 1. The number of halogens is 1. The van der Waals surface area contributed by atoms with Gasteiger partial charge in [-0.2, -0.15) is 0 Å². The van der Waals surface area contributed by atoms with Crippen LogP contribution in [0, 0.1) is 5.82 Å². The molecule has 0 unspecified atom stereocenters. The maximum Gasteiger partial charge on any atom is 0.338 e. The van der Waals surface area contributed by atoms with E-state index < -0.39 is 27.4 Å². The number of hydrogen-bond donors (Lipinski definition) is 2. The van der Waals surface area contributed by atoms with Crippen LogP contribution in [0.4, 0.5) is 10.1 Å². The first-order valence-corrected chi connectivity index (χ1v) is 9.66. The van der Waals surface area contributed by atoms with Crippen LogP contribution in [0.15, 0.2) is 77.7 Å². The molecule has 0 aliphatic carbocycles. The normalized spacial score (nSPS) is 11.0. The van der Waals surface area contributed by atoms with Gasteiger partial charge in [0.25, 0.3) is 10.0 Å². The van der Waals surface area contributed by atoms with Gasteiger partial charge in [-0.3, -0.25) is 4.72 Å². The van der Waals surface area contributed by atoms with E-state index in [1.165, 1.54) is 0 Å². The summed E-state index contributed by atoms with van der Waals surface area (Å²) in [7, 11) is -4.06. The zero-order chi connectivity index (χ0) is 20.1. The standard InChI is InChI=1S/C20H16FNO5S/c21-19-12-17(10-11-18(19)20(23)24)28(25,26)22-15-8-6-14(7-9-15)13-27-16-4-2-1-3-5-16/h1-12,22H,13H2,(H,23,24). The second-order valence-corrected chi connectivity index (χ2v) is 7.53. The van der Waals surface area contributed by atoms with E-state index in [-0.39, 0.29) is 10.6 Å². The largest absolute Gasteiger partial charge is 0.489 e. The van der Waals surface area contributed by atoms with Crippen molar-refractivity contribution in [2.75, 3.05) is 4.72 Å². The molecule has 0 spiro atoms. The van der Waals surface area contributed by atoms with Gasteiger partial charge in [0.15, 0.2) is 0 Å². The molecule has 8 heteroatoms. The molecule has 0 amide bonds. The molecule has 144 valence electrons. The minimum Gasteiger partial charge on any atom is -0.489 e. The van der Waals surface area contributed by atoms with Crippen LogP contribution < -0.4 is 9.46 Å². The summed E-state index contributed by atoms with van der Waals surface area (Å²) in [6.07, 6.45) is 0. The Morgan fingerprint density at radius 1 is 1.00 bits per heavy atom. The fourth-order valence-electron chi connectivity index (χ4n) is 2.40. The monoisotopic (exact) mass is 401 g/mol. The van der Waals surface area contributed by atoms with Gasteiger partial charge in [-0.1, -0.05) is 30.3 Å². The summed E-state index contributed by atoms with van der Waals surface area (Å²) in [6.45, 7) is 0.318. The summed E-state index contributed by atoms with van der Waals surface area (Å²) < 4.78 is 46.5. The van der Waals surface area contributed by atoms with Gasteiger partial charge in [-0.05, 0) is 48.0 Å². The summed E-state index contributed by atoms with van der Waals surface area (Å²) in [5.74, 6) is -1.87. The van der Waals surface area contributed by atoms with Crippen molar-refractivity contribution in [1.82, 2.24) is 0 Å². The van der Waals surface area contributed by atoms with Gasteiger partial charge in [0, 0.05) is 5.69 Å². The molecule has 0 atom stereocenters. The summed E-state index contributed by atoms with van der Waals surface area (Å²) in [5.41, 5.74) is 0.525. The maximum atomic E-state index is 13.8. The second kappa shape index (κ2) is 8.10. The highest BCUT2D eigenvalue weighted by molar-refractivity contribution is 7.92. The third kappa shape index (κ3) is 4.66. The number of para-hydroxylation sites is 1. The summed E-state index contributed by atoms with van der Waals surface area (Å²) in [6, 6.07) is 18.4. The number of sulfonamides is 1. The topological polar surface area (TPSA) is 92.7 Å². The summed E-state index contributed by atoms with van der Waals surface area (Å²) in [5, 5.41) is 8.82. The molecule has 6 nitrogen and oxygen atoms in total. The highest BCUT2D eigenvalue weighted by atomic mass is 32.2. The minimum absolute atomic E-state index is 0.284. The molecule has 0 radical (unpaired) electrons. The zero-order valence-electron chi connectivity index (χ0n) is 14.5. The van der Waals surface area contributed by atoms with E-state index in [4.69, 9.17) is 9.84 Å². The van der Waals surface area contributed by atoms with Crippen LogP contribution in [-0.2, 0) is 16.6 Å². The van der Waals surface area contributed by atoms with Gasteiger partial charge in [0.1, 0.15) is 18.2 Å². The predicted molar refractivity (Wildman–Crippen MR) is 101 cm³/mol. The number of carboxylic acid groups (broad SMARTS) is 1. The molecule has 0 saturated heterocycles. The van der Waals surface area contributed by atoms with Crippen molar-refractivity contribution < 1.29 is 27.4 Å². The Balaban J connectivity index is 1.69. The van der Waals surface area contributed by atoms with Gasteiger partial charge in [-0.15, -0.1) is 0 Å². The van der Waals surface area contributed by atoms with Gasteiger partial charge >= 0.3 is 5.97 Å². The van der Waals surface area contributed by atoms with Crippen molar-refractivity contribution in [3.8, 4) is 5.75 Å². The van der Waals surface area contributed by atoms with Crippen molar-refractivity contribution in [1.29, 1.82) is 0 Å². The van der Waals surface area contributed by atoms with E-state index in [1.807, 2.05) is 30.3 Å². The average molecular weight is 401 g/mol. The van der Waals surface area contributed by atoms with Crippen LogP contribution in [0.25, 0.3) is 0 Å². The van der Waals surface area contributed by atoms with Gasteiger partial charge in [0.05, 0.1) is 10.5 Å². The molecule has 0 fully saturated rings. The molecule has 0 aromatic heterocycles. The Hall–Kier alpha value is -3.39. The predicted octanol–water partition coefficient (Wildman–Crippen LogP) is 3.90. The number of ether oxygens (including phenoxy) is 1. The second-order valence-electron chi connectivity index (χ2n) is 5.85. The van der Waals surface area contributed by atoms with E-state index in [2.05, 4.69) is 4.72 Å². The van der Waals surface area contributed by atoms with Crippen molar-refractivity contribution in [3.05, 3.63) is 89.7 Å². The van der Waals surface area contributed by atoms with E-state index in [1.54, 1.807) is 24.3 Å². The molecule has 3 rings (SSSR count).